The van der Waals surface area contributed by atoms with E-state index < -0.39 is 10.9 Å². The second-order valence-electron chi connectivity index (χ2n) is 2.74. The molecule has 0 bridgehead atoms. The van der Waals surface area contributed by atoms with Gasteiger partial charge in [-0.1, -0.05) is 6.07 Å². The fourth-order valence-electron chi connectivity index (χ4n) is 0.976. The number of methoxy groups -OCH3 is 1. The van der Waals surface area contributed by atoms with Gasteiger partial charge < -0.3 is 10.1 Å². The highest BCUT2D eigenvalue weighted by atomic mass is 16.6. The molecule has 1 rings (SSSR count). The van der Waals surface area contributed by atoms with Crippen LogP contribution in [0.3, 0.4) is 0 Å². The van der Waals surface area contributed by atoms with E-state index in [1.807, 2.05) is 0 Å². The number of carbonyl (C=O) groups excluding carboxylic acids is 1. The zero-order valence-electron chi connectivity index (χ0n) is 8.10. The van der Waals surface area contributed by atoms with Crippen LogP contribution in [0, 0.1) is 10.1 Å². The summed E-state index contributed by atoms with van der Waals surface area (Å²) in [5.74, 6) is -0.429. The van der Waals surface area contributed by atoms with Gasteiger partial charge in [0, 0.05) is 17.8 Å². The minimum atomic E-state index is -0.497. The van der Waals surface area contributed by atoms with Gasteiger partial charge in [-0.25, -0.2) is 0 Å². The summed E-state index contributed by atoms with van der Waals surface area (Å²) >= 11 is 0. The third-order valence-corrected chi connectivity index (χ3v) is 1.72. The zero-order valence-corrected chi connectivity index (χ0v) is 8.10. The molecule has 0 aliphatic carbocycles. The average molecular weight is 210 g/mol. The van der Waals surface area contributed by atoms with Crippen molar-refractivity contribution in [2.45, 2.75) is 0 Å². The highest BCUT2D eigenvalue weighted by molar-refractivity contribution is 5.75. The van der Waals surface area contributed by atoms with E-state index in [1.165, 1.54) is 25.3 Å². The molecule has 1 aromatic rings. The Morgan fingerprint density at radius 3 is 2.93 bits per heavy atom. The molecule has 0 aliphatic heterocycles. The number of benzene rings is 1. The molecule has 0 atom stereocenters. The number of rotatable bonds is 4. The zero-order chi connectivity index (χ0) is 11.3. The third-order valence-electron chi connectivity index (χ3n) is 1.72. The number of nitro benzene ring substituents is 1. The van der Waals surface area contributed by atoms with E-state index in [4.69, 9.17) is 0 Å². The fraction of sp³-hybridized carbons (Fsp3) is 0.222. The van der Waals surface area contributed by atoms with Gasteiger partial charge in [-0.2, -0.15) is 0 Å². The predicted molar refractivity (Wildman–Crippen MR) is 53.6 cm³/mol. The van der Waals surface area contributed by atoms with Gasteiger partial charge >= 0.3 is 5.97 Å². The van der Waals surface area contributed by atoms with Gasteiger partial charge in [0.15, 0.2) is 0 Å². The van der Waals surface area contributed by atoms with Crippen LogP contribution in [0.5, 0.6) is 0 Å². The van der Waals surface area contributed by atoms with Crippen LogP contribution >= 0.6 is 0 Å². The molecule has 1 aromatic carbocycles. The van der Waals surface area contributed by atoms with Gasteiger partial charge in [0.2, 0.25) is 0 Å². The first-order valence-electron chi connectivity index (χ1n) is 4.18. The maximum atomic E-state index is 10.8. The van der Waals surface area contributed by atoms with E-state index in [-0.39, 0.29) is 12.2 Å². The van der Waals surface area contributed by atoms with Gasteiger partial charge in [0.05, 0.1) is 12.0 Å². The summed E-state index contributed by atoms with van der Waals surface area (Å²) in [5, 5.41) is 13.1. The number of anilines is 1. The van der Waals surface area contributed by atoms with Crippen LogP contribution in [0.4, 0.5) is 11.4 Å². The molecule has 0 aliphatic rings. The summed E-state index contributed by atoms with van der Waals surface area (Å²) in [5.41, 5.74) is 0.486. The SMILES string of the molecule is COC(=O)CNc1cccc([N+](=O)[O-])c1. The predicted octanol–water partition coefficient (Wildman–Crippen LogP) is 1.18. The van der Waals surface area contributed by atoms with Gasteiger partial charge in [-0.15, -0.1) is 0 Å². The maximum absolute atomic E-state index is 10.8. The third kappa shape index (κ3) is 3.26. The first kappa shape index (κ1) is 11.0. The smallest absolute Gasteiger partial charge is 0.325 e. The lowest BCUT2D eigenvalue weighted by atomic mass is 10.3. The van der Waals surface area contributed by atoms with Crippen molar-refractivity contribution in [1.82, 2.24) is 0 Å². The van der Waals surface area contributed by atoms with E-state index in [9.17, 15) is 14.9 Å². The Bertz CT molecular complexity index is 378. The molecule has 15 heavy (non-hydrogen) atoms. The van der Waals surface area contributed by atoms with E-state index in [2.05, 4.69) is 10.1 Å². The lowest BCUT2D eigenvalue weighted by Crippen LogP contribution is -2.14. The first-order chi connectivity index (χ1) is 7.13. The van der Waals surface area contributed by atoms with Gasteiger partial charge in [-0.3, -0.25) is 14.9 Å². The molecule has 0 fully saturated rings. The normalized spacial score (nSPS) is 9.40. The number of carbonyl (C=O) groups is 1. The lowest BCUT2D eigenvalue weighted by Gasteiger charge is -2.03. The molecule has 6 nitrogen and oxygen atoms in total. The highest BCUT2D eigenvalue weighted by Gasteiger charge is 2.06. The minimum absolute atomic E-state index is 0.0162. The molecular weight excluding hydrogens is 200 g/mol. The molecular formula is C9H10N2O4. The minimum Gasteiger partial charge on any atom is -0.468 e. The van der Waals surface area contributed by atoms with Crippen molar-refractivity contribution in [1.29, 1.82) is 0 Å². The van der Waals surface area contributed by atoms with E-state index in [1.54, 1.807) is 6.07 Å². The van der Waals surface area contributed by atoms with Crippen LogP contribution in [-0.4, -0.2) is 24.5 Å². The molecule has 1 N–H and O–H groups in total. The fourth-order valence-corrected chi connectivity index (χ4v) is 0.976. The number of nitrogens with one attached hydrogen (secondary N) is 1. The first-order valence-corrected chi connectivity index (χ1v) is 4.18. The summed E-state index contributed by atoms with van der Waals surface area (Å²) in [6.07, 6.45) is 0. The van der Waals surface area contributed by atoms with E-state index in [0.717, 1.165) is 0 Å². The van der Waals surface area contributed by atoms with E-state index in [0.29, 0.717) is 5.69 Å². The van der Waals surface area contributed by atoms with Crippen LogP contribution in [0.2, 0.25) is 0 Å². The molecule has 80 valence electrons. The molecule has 0 heterocycles. The van der Waals surface area contributed by atoms with Crippen molar-refractivity contribution in [2.24, 2.45) is 0 Å². The second-order valence-corrected chi connectivity index (χ2v) is 2.74. The standard InChI is InChI=1S/C9H10N2O4/c1-15-9(12)6-10-7-3-2-4-8(5-7)11(13)14/h2-5,10H,6H2,1H3. The number of esters is 1. The molecule has 0 saturated carbocycles. The Morgan fingerprint density at radius 1 is 1.60 bits per heavy atom. The largest absolute Gasteiger partial charge is 0.468 e. The Labute approximate surface area is 86.0 Å². The van der Waals surface area contributed by atoms with Crippen molar-refractivity contribution in [2.75, 3.05) is 19.0 Å². The second kappa shape index (κ2) is 4.94. The van der Waals surface area contributed by atoms with Crippen LogP contribution in [0.1, 0.15) is 0 Å². The average Bonchev–Trinajstić information content (AvgIpc) is 2.26. The van der Waals surface area contributed by atoms with E-state index >= 15 is 0 Å². The molecule has 6 heteroatoms. The summed E-state index contributed by atoms with van der Waals surface area (Å²) in [6, 6.07) is 5.90. The van der Waals surface area contributed by atoms with Crippen LogP contribution in [0.15, 0.2) is 24.3 Å². The molecule has 0 amide bonds. The Hall–Kier alpha value is -2.11. The number of nitrogens with zero attached hydrogens (tertiary/aromatic N) is 1. The molecule has 0 unspecified atom stereocenters. The molecule has 0 spiro atoms. The number of hydrogen-bond donors (Lipinski definition) is 1. The van der Waals surface area contributed by atoms with Gasteiger partial charge in [-0.05, 0) is 6.07 Å². The summed E-state index contributed by atoms with van der Waals surface area (Å²) in [4.78, 5) is 20.7. The monoisotopic (exact) mass is 210 g/mol. The van der Waals surface area contributed by atoms with Crippen LogP contribution in [-0.2, 0) is 9.53 Å². The number of non-ortho nitro benzene ring substituents is 1. The summed E-state index contributed by atoms with van der Waals surface area (Å²) in [7, 11) is 1.28. The molecule has 0 aromatic heterocycles. The summed E-state index contributed by atoms with van der Waals surface area (Å²) in [6.45, 7) is -0.0162. The number of hydrogen-bond acceptors (Lipinski definition) is 5. The summed E-state index contributed by atoms with van der Waals surface area (Å²) < 4.78 is 4.41. The number of ether oxygens (including phenoxy) is 1. The molecule has 0 radical (unpaired) electrons. The van der Waals surface area contributed by atoms with Crippen molar-refractivity contribution in [3.05, 3.63) is 34.4 Å². The topological polar surface area (TPSA) is 81.5 Å². The number of nitro groups is 1. The van der Waals surface area contributed by atoms with Crippen molar-refractivity contribution in [3.63, 3.8) is 0 Å². The van der Waals surface area contributed by atoms with Crippen LogP contribution < -0.4 is 5.32 Å². The highest BCUT2D eigenvalue weighted by Crippen LogP contribution is 2.16. The van der Waals surface area contributed by atoms with Crippen molar-refractivity contribution < 1.29 is 14.5 Å². The van der Waals surface area contributed by atoms with Crippen molar-refractivity contribution >= 4 is 17.3 Å². The molecule has 0 saturated heterocycles. The Balaban J connectivity index is 2.66. The van der Waals surface area contributed by atoms with Crippen LogP contribution in [0.25, 0.3) is 0 Å². The lowest BCUT2D eigenvalue weighted by molar-refractivity contribution is -0.384. The maximum Gasteiger partial charge on any atom is 0.325 e. The quantitative estimate of drug-likeness (QED) is 0.458. The Kier molecular flexibility index (Phi) is 3.61. The van der Waals surface area contributed by atoms with Gasteiger partial charge in [0.25, 0.3) is 5.69 Å². The Morgan fingerprint density at radius 2 is 2.33 bits per heavy atom. The van der Waals surface area contributed by atoms with Crippen molar-refractivity contribution in [3.8, 4) is 0 Å². The van der Waals surface area contributed by atoms with Gasteiger partial charge in [0.1, 0.15) is 6.54 Å².